The van der Waals surface area contributed by atoms with Gasteiger partial charge in [0.15, 0.2) is 11.5 Å². The van der Waals surface area contributed by atoms with Gasteiger partial charge in [-0.05, 0) is 54.9 Å². The number of benzene rings is 2. The van der Waals surface area contributed by atoms with E-state index in [1.807, 2.05) is 13.8 Å². The molecule has 1 unspecified atom stereocenters. The van der Waals surface area contributed by atoms with E-state index in [-0.39, 0.29) is 17.6 Å². The smallest absolute Gasteiger partial charge is 0.293 e. The second-order valence-corrected chi connectivity index (χ2v) is 7.60. The molecule has 1 aliphatic rings. The molecule has 3 rings (SSSR count). The fraction of sp³-hybridized carbons (Fsp3) is 0.273. The maximum Gasteiger partial charge on any atom is 0.293 e. The molecule has 2 aromatic carbocycles. The van der Waals surface area contributed by atoms with Crippen molar-refractivity contribution in [1.29, 1.82) is 0 Å². The van der Waals surface area contributed by atoms with Crippen LogP contribution in [0.25, 0.3) is 6.08 Å². The molecule has 0 N–H and O–H groups in total. The third kappa shape index (κ3) is 4.79. The normalized spacial score (nSPS) is 16.4. The number of nitrogens with zero attached hydrogens (tertiary/aromatic N) is 1. The Balaban J connectivity index is 1.81. The zero-order chi connectivity index (χ0) is 21.0. The lowest BCUT2D eigenvalue weighted by molar-refractivity contribution is -0.123. The average molecular weight is 415 g/mol. The van der Waals surface area contributed by atoms with Crippen LogP contribution < -0.4 is 9.47 Å². The molecular weight excluding hydrogens is 393 g/mol. The second-order valence-electron chi connectivity index (χ2n) is 6.61. The van der Waals surface area contributed by atoms with E-state index < -0.39 is 17.0 Å². The number of ether oxygens (including phenoxy) is 2. The first kappa shape index (κ1) is 20.9. The van der Waals surface area contributed by atoms with Crippen molar-refractivity contribution < 1.29 is 23.5 Å². The summed E-state index contributed by atoms with van der Waals surface area (Å²) in [6.07, 6.45) is 2.53. The molecule has 0 saturated carbocycles. The highest BCUT2D eigenvalue weighted by atomic mass is 32.2. The minimum Gasteiger partial charge on any atom is -0.493 e. The van der Waals surface area contributed by atoms with Crippen molar-refractivity contribution in [2.45, 2.75) is 32.9 Å². The van der Waals surface area contributed by atoms with Crippen LogP contribution in [0.3, 0.4) is 0 Å². The number of hydrogen-bond acceptors (Lipinski definition) is 5. The molecule has 0 spiro atoms. The van der Waals surface area contributed by atoms with E-state index in [1.165, 1.54) is 6.07 Å². The molecule has 152 valence electrons. The number of carbonyl (C=O) groups excluding carboxylic acids is 2. The third-order valence-corrected chi connectivity index (χ3v) is 5.46. The van der Waals surface area contributed by atoms with Gasteiger partial charge in [0.1, 0.15) is 5.82 Å². The predicted octanol–water partition coefficient (Wildman–Crippen LogP) is 5.25. The van der Waals surface area contributed by atoms with Crippen molar-refractivity contribution in [3.8, 4) is 11.5 Å². The number of imide groups is 1. The van der Waals surface area contributed by atoms with Crippen LogP contribution in [0, 0.1) is 5.82 Å². The summed E-state index contributed by atoms with van der Waals surface area (Å²) < 4.78 is 25.1. The van der Waals surface area contributed by atoms with Crippen LogP contribution >= 0.6 is 11.8 Å². The number of rotatable bonds is 7. The number of methoxy groups -OCH3 is 1. The van der Waals surface area contributed by atoms with E-state index in [2.05, 4.69) is 0 Å². The van der Waals surface area contributed by atoms with Gasteiger partial charge in [0.2, 0.25) is 0 Å². The molecule has 7 heteroatoms. The summed E-state index contributed by atoms with van der Waals surface area (Å²) in [5.41, 5.74) is 0.999. The summed E-state index contributed by atoms with van der Waals surface area (Å²) in [5, 5.41) is -0.423. The summed E-state index contributed by atoms with van der Waals surface area (Å²) in [6, 6.07) is 11.4. The molecule has 1 heterocycles. The van der Waals surface area contributed by atoms with Crippen molar-refractivity contribution in [1.82, 2.24) is 4.90 Å². The Hall–Kier alpha value is -2.80. The molecule has 5 nitrogen and oxygen atoms in total. The Morgan fingerprint density at radius 3 is 2.62 bits per heavy atom. The SMILES string of the molecule is CCC(C)Oc1ccc(C=C2SC(=O)N(Cc3ccccc3F)C2=O)cc1OC. The van der Waals surface area contributed by atoms with Gasteiger partial charge in [-0.3, -0.25) is 14.5 Å². The van der Waals surface area contributed by atoms with Gasteiger partial charge in [-0.25, -0.2) is 4.39 Å². The van der Waals surface area contributed by atoms with Gasteiger partial charge in [0.25, 0.3) is 11.1 Å². The highest BCUT2D eigenvalue weighted by Gasteiger charge is 2.35. The van der Waals surface area contributed by atoms with E-state index >= 15 is 0 Å². The van der Waals surface area contributed by atoms with E-state index in [1.54, 1.807) is 49.6 Å². The Morgan fingerprint density at radius 2 is 1.93 bits per heavy atom. The highest BCUT2D eigenvalue weighted by Crippen LogP contribution is 2.35. The Kier molecular flexibility index (Phi) is 6.59. The van der Waals surface area contributed by atoms with Gasteiger partial charge in [0, 0.05) is 5.56 Å². The minimum atomic E-state index is -0.447. The van der Waals surface area contributed by atoms with Gasteiger partial charge >= 0.3 is 0 Å². The van der Waals surface area contributed by atoms with Crippen molar-refractivity contribution in [2.24, 2.45) is 0 Å². The van der Waals surface area contributed by atoms with Crippen LogP contribution in [-0.2, 0) is 11.3 Å². The number of halogens is 1. The first-order valence-corrected chi connectivity index (χ1v) is 10.1. The zero-order valence-corrected chi connectivity index (χ0v) is 17.3. The van der Waals surface area contributed by atoms with E-state index in [0.717, 1.165) is 23.1 Å². The van der Waals surface area contributed by atoms with Crippen molar-refractivity contribution in [2.75, 3.05) is 7.11 Å². The van der Waals surface area contributed by atoms with Crippen molar-refractivity contribution in [3.05, 3.63) is 64.3 Å². The monoisotopic (exact) mass is 415 g/mol. The number of hydrogen-bond donors (Lipinski definition) is 0. The maximum absolute atomic E-state index is 13.9. The van der Waals surface area contributed by atoms with E-state index in [0.29, 0.717) is 22.6 Å². The molecule has 1 fully saturated rings. The van der Waals surface area contributed by atoms with Gasteiger partial charge < -0.3 is 9.47 Å². The summed E-state index contributed by atoms with van der Waals surface area (Å²) in [7, 11) is 1.55. The molecule has 0 aliphatic carbocycles. The molecule has 0 bridgehead atoms. The molecule has 1 atom stereocenters. The fourth-order valence-corrected chi connectivity index (χ4v) is 3.59. The third-order valence-electron chi connectivity index (χ3n) is 4.55. The molecule has 0 aromatic heterocycles. The standard InChI is InChI=1S/C22H22FNO4S/c1-4-14(2)28-18-10-9-15(11-19(18)27-3)12-20-21(25)24(22(26)29-20)13-16-7-5-6-8-17(16)23/h5-12,14H,4,13H2,1-3H3. The lowest BCUT2D eigenvalue weighted by Gasteiger charge is -2.15. The van der Waals surface area contributed by atoms with Gasteiger partial charge in [0.05, 0.1) is 24.7 Å². The first-order chi connectivity index (χ1) is 13.9. The van der Waals surface area contributed by atoms with Crippen LogP contribution in [0.2, 0.25) is 0 Å². The summed E-state index contributed by atoms with van der Waals surface area (Å²) >= 11 is 0.838. The zero-order valence-electron chi connectivity index (χ0n) is 16.5. The number of thioether (sulfide) groups is 1. The van der Waals surface area contributed by atoms with Crippen LogP contribution in [-0.4, -0.2) is 29.3 Å². The molecule has 0 radical (unpaired) electrons. The first-order valence-electron chi connectivity index (χ1n) is 9.26. The van der Waals surface area contributed by atoms with Crippen LogP contribution in [0.4, 0.5) is 9.18 Å². The maximum atomic E-state index is 13.9. The van der Waals surface area contributed by atoms with Crippen LogP contribution in [0.15, 0.2) is 47.4 Å². The van der Waals surface area contributed by atoms with Gasteiger partial charge in [-0.1, -0.05) is 31.2 Å². The average Bonchev–Trinajstić information content (AvgIpc) is 2.97. The quantitative estimate of drug-likeness (QED) is 0.578. The largest absolute Gasteiger partial charge is 0.493 e. The van der Waals surface area contributed by atoms with Crippen molar-refractivity contribution >= 4 is 29.0 Å². The molecule has 2 amide bonds. The lowest BCUT2D eigenvalue weighted by atomic mass is 10.1. The molecular formula is C22H22FNO4S. The Bertz CT molecular complexity index is 960. The molecule has 2 aromatic rings. The van der Waals surface area contributed by atoms with E-state index in [9.17, 15) is 14.0 Å². The highest BCUT2D eigenvalue weighted by molar-refractivity contribution is 8.18. The summed E-state index contributed by atoms with van der Waals surface area (Å²) in [4.78, 5) is 26.3. The molecule has 1 aliphatic heterocycles. The minimum absolute atomic E-state index is 0.0460. The van der Waals surface area contributed by atoms with Gasteiger partial charge in [-0.15, -0.1) is 0 Å². The lowest BCUT2D eigenvalue weighted by Crippen LogP contribution is -2.27. The molecule has 29 heavy (non-hydrogen) atoms. The van der Waals surface area contributed by atoms with E-state index in [4.69, 9.17) is 9.47 Å². The Morgan fingerprint density at radius 1 is 1.17 bits per heavy atom. The van der Waals surface area contributed by atoms with Crippen LogP contribution in [0.1, 0.15) is 31.4 Å². The summed E-state index contributed by atoms with van der Waals surface area (Å²) in [6.45, 7) is 3.90. The molecule has 1 saturated heterocycles. The van der Waals surface area contributed by atoms with Gasteiger partial charge in [-0.2, -0.15) is 0 Å². The number of amides is 2. The van der Waals surface area contributed by atoms with Crippen molar-refractivity contribution in [3.63, 3.8) is 0 Å². The van der Waals surface area contributed by atoms with Crippen LogP contribution in [0.5, 0.6) is 11.5 Å². The second kappa shape index (κ2) is 9.13. The fourth-order valence-electron chi connectivity index (χ4n) is 2.76. The summed E-state index contributed by atoms with van der Waals surface area (Å²) in [5.74, 6) is 0.274. The number of carbonyl (C=O) groups is 2. The predicted molar refractivity (Wildman–Crippen MR) is 111 cm³/mol. The Labute approximate surface area is 173 Å². The topological polar surface area (TPSA) is 55.8 Å².